The van der Waals surface area contributed by atoms with Gasteiger partial charge in [-0.05, 0) is 53.3 Å². The van der Waals surface area contributed by atoms with E-state index in [4.69, 9.17) is 0 Å². The van der Waals surface area contributed by atoms with E-state index in [9.17, 15) is 9.18 Å². The zero-order chi connectivity index (χ0) is 20.2. The number of amides is 2. The number of hydrogen-bond donors (Lipinski definition) is 2. The zero-order valence-electron chi connectivity index (χ0n) is 15.9. The summed E-state index contributed by atoms with van der Waals surface area (Å²) in [6.07, 6.45) is 3.59. The molecule has 1 heterocycles. The number of benzene rings is 3. The van der Waals surface area contributed by atoms with Gasteiger partial charge in [-0.15, -0.1) is 0 Å². The van der Waals surface area contributed by atoms with Crippen LogP contribution in [0.1, 0.15) is 11.1 Å². The fourth-order valence-corrected chi connectivity index (χ4v) is 3.30. The molecule has 0 saturated carbocycles. The summed E-state index contributed by atoms with van der Waals surface area (Å²) in [7, 11) is 0. The topological polar surface area (TPSA) is 54.0 Å². The van der Waals surface area contributed by atoms with Crippen LogP contribution in [0.5, 0.6) is 0 Å². The molecule has 2 N–H and O–H groups in total. The summed E-state index contributed by atoms with van der Waals surface area (Å²) in [6, 6.07) is 19.8. The molecule has 0 radical (unpaired) electrons. The van der Waals surface area contributed by atoms with Crippen molar-refractivity contribution in [3.05, 3.63) is 96.1 Å². The van der Waals surface area contributed by atoms with Gasteiger partial charge in [-0.1, -0.05) is 48.0 Å². The predicted octanol–water partition coefficient (Wildman–Crippen LogP) is 5.67. The van der Waals surface area contributed by atoms with Crippen LogP contribution in [0.4, 0.5) is 14.9 Å². The summed E-state index contributed by atoms with van der Waals surface area (Å²) in [6.45, 7) is 2.40. The molecule has 29 heavy (non-hydrogen) atoms. The van der Waals surface area contributed by atoms with Crippen LogP contribution in [-0.4, -0.2) is 11.0 Å². The van der Waals surface area contributed by atoms with Gasteiger partial charge in [-0.3, -0.25) is 4.98 Å². The van der Waals surface area contributed by atoms with Gasteiger partial charge >= 0.3 is 6.03 Å². The quantitative estimate of drug-likeness (QED) is 0.475. The minimum absolute atomic E-state index is 0.331. The van der Waals surface area contributed by atoms with Gasteiger partial charge in [0, 0.05) is 30.0 Å². The molecule has 0 spiro atoms. The van der Waals surface area contributed by atoms with Gasteiger partial charge in [0.25, 0.3) is 0 Å². The molecular formula is C24H20FN3O. The van der Waals surface area contributed by atoms with Crippen LogP contribution < -0.4 is 10.6 Å². The van der Waals surface area contributed by atoms with E-state index in [1.165, 1.54) is 17.7 Å². The van der Waals surface area contributed by atoms with Gasteiger partial charge in [0.1, 0.15) is 5.82 Å². The highest BCUT2D eigenvalue weighted by Gasteiger charge is 2.09. The first-order valence-corrected chi connectivity index (χ1v) is 9.33. The van der Waals surface area contributed by atoms with Crippen molar-refractivity contribution in [2.75, 3.05) is 5.32 Å². The van der Waals surface area contributed by atoms with Crippen molar-refractivity contribution < 1.29 is 9.18 Å². The molecule has 5 heteroatoms. The van der Waals surface area contributed by atoms with E-state index in [2.05, 4.69) is 52.9 Å². The van der Waals surface area contributed by atoms with Crippen LogP contribution in [0.25, 0.3) is 21.9 Å². The molecule has 4 nitrogen and oxygen atoms in total. The first-order valence-electron chi connectivity index (χ1n) is 9.33. The predicted molar refractivity (Wildman–Crippen MR) is 114 cm³/mol. The number of aryl methyl sites for hydroxylation is 1. The third kappa shape index (κ3) is 4.24. The van der Waals surface area contributed by atoms with Crippen LogP contribution in [-0.2, 0) is 6.54 Å². The largest absolute Gasteiger partial charge is 0.334 e. The number of carbonyl (C=O) groups excluding carboxylic acids is 1. The highest BCUT2D eigenvalue weighted by atomic mass is 19.1. The number of halogens is 1. The Kier molecular flexibility index (Phi) is 5.20. The van der Waals surface area contributed by atoms with Crippen molar-refractivity contribution in [3.63, 3.8) is 0 Å². The number of hydrogen-bond acceptors (Lipinski definition) is 2. The third-order valence-electron chi connectivity index (χ3n) is 4.79. The van der Waals surface area contributed by atoms with E-state index in [-0.39, 0.29) is 0 Å². The van der Waals surface area contributed by atoms with Crippen LogP contribution in [0.3, 0.4) is 0 Å². The molecule has 4 rings (SSSR count). The Bertz CT molecular complexity index is 1170. The number of nitrogens with one attached hydrogen (secondary N) is 2. The van der Waals surface area contributed by atoms with Gasteiger partial charge in [0.15, 0.2) is 0 Å². The van der Waals surface area contributed by atoms with E-state index in [0.29, 0.717) is 12.2 Å². The molecule has 0 aliphatic heterocycles. The molecular weight excluding hydrogens is 365 g/mol. The number of fused-ring (bicyclic) bond motifs is 1. The maximum absolute atomic E-state index is 13.3. The molecule has 144 valence electrons. The van der Waals surface area contributed by atoms with Crippen LogP contribution >= 0.6 is 0 Å². The summed E-state index contributed by atoms with van der Waals surface area (Å²) in [5.74, 6) is -0.397. The number of carbonyl (C=O) groups is 1. The van der Waals surface area contributed by atoms with Gasteiger partial charge in [0.05, 0.1) is 0 Å². The highest BCUT2D eigenvalue weighted by Crippen LogP contribution is 2.30. The summed E-state index contributed by atoms with van der Waals surface area (Å²) in [5.41, 5.74) is 4.83. The molecule has 0 aliphatic carbocycles. The maximum Gasteiger partial charge on any atom is 0.319 e. The lowest BCUT2D eigenvalue weighted by Crippen LogP contribution is -2.28. The van der Waals surface area contributed by atoms with E-state index in [1.807, 2.05) is 18.3 Å². The Hall–Kier alpha value is -3.73. The smallest absolute Gasteiger partial charge is 0.319 e. The van der Waals surface area contributed by atoms with Crippen molar-refractivity contribution in [3.8, 4) is 11.1 Å². The van der Waals surface area contributed by atoms with Crippen molar-refractivity contribution in [2.45, 2.75) is 13.5 Å². The standard InChI is InChI=1S/C24H20FN3O/c1-16-5-7-17(8-6-16)21-10-9-18(23-15-26-12-11-22(21)23)14-27-24(29)28-20-4-2-3-19(25)13-20/h2-13,15H,14H2,1H3,(H2,27,28,29). The molecule has 2 amide bonds. The normalized spacial score (nSPS) is 10.7. The zero-order valence-corrected chi connectivity index (χ0v) is 15.9. The first-order chi connectivity index (χ1) is 14.1. The molecule has 0 aliphatic rings. The number of anilines is 1. The summed E-state index contributed by atoms with van der Waals surface area (Å²) in [4.78, 5) is 16.5. The lowest BCUT2D eigenvalue weighted by atomic mass is 9.96. The molecule has 3 aromatic carbocycles. The van der Waals surface area contributed by atoms with Crippen molar-refractivity contribution in [2.24, 2.45) is 0 Å². The average molecular weight is 385 g/mol. The maximum atomic E-state index is 13.3. The van der Waals surface area contributed by atoms with E-state index in [1.54, 1.807) is 18.3 Å². The number of pyridine rings is 1. The molecule has 0 bridgehead atoms. The Morgan fingerprint density at radius 3 is 2.62 bits per heavy atom. The van der Waals surface area contributed by atoms with E-state index < -0.39 is 11.8 Å². The Morgan fingerprint density at radius 1 is 1.00 bits per heavy atom. The second kappa shape index (κ2) is 8.10. The van der Waals surface area contributed by atoms with Gasteiger partial charge in [-0.25, -0.2) is 9.18 Å². The van der Waals surface area contributed by atoms with Crippen LogP contribution in [0.2, 0.25) is 0 Å². The second-order valence-electron chi connectivity index (χ2n) is 6.88. The Morgan fingerprint density at radius 2 is 1.83 bits per heavy atom. The SMILES string of the molecule is Cc1ccc(-c2ccc(CNC(=O)Nc3cccc(F)c3)c3cnccc23)cc1. The van der Waals surface area contributed by atoms with Crippen LogP contribution in [0, 0.1) is 12.7 Å². The Labute approximate surface area is 168 Å². The molecule has 4 aromatic rings. The van der Waals surface area contributed by atoms with Crippen molar-refractivity contribution >= 4 is 22.5 Å². The van der Waals surface area contributed by atoms with Gasteiger partial charge in [-0.2, -0.15) is 0 Å². The van der Waals surface area contributed by atoms with Gasteiger partial charge < -0.3 is 10.6 Å². The minimum atomic E-state index is -0.397. The fraction of sp³-hybridized carbons (Fsp3) is 0.0833. The lowest BCUT2D eigenvalue weighted by molar-refractivity contribution is 0.252. The lowest BCUT2D eigenvalue weighted by Gasteiger charge is -2.13. The Balaban J connectivity index is 1.56. The summed E-state index contributed by atoms with van der Waals surface area (Å²) >= 11 is 0. The molecule has 0 atom stereocenters. The second-order valence-corrected chi connectivity index (χ2v) is 6.88. The first kappa shape index (κ1) is 18.6. The van der Waals surface area contributed by atoms with Crippen LogP contribution in [0.15, 0.2) is 79.1 Å². The summed E-state index contributed by atoms with van der Waals surface area (Å²) in [5, 5.41) is 7.52. The minimum Gasteiger partial charge on any atom is -0.334 e. The monoisotopic (exact) mass is 385 g/mol. The van der Waals surface area contributed by atoms with E-state index >= 15 is 0 Å². The highest BCUT2D eigenvalue weighted by molar-refractivity contribution is 5.98. The van der Waals surface area contributed by atoms with Gasteiger partial charge in [0.2, 0.25) is 0 Å². The number of urea groups is 1. The van der Waals surface area contributed by atoms with Crippen molar-refractivity contribution in [1.29, 1.82) is 0 Å². The summed E-state index contributed by atoms with van der Waals surface area (Å²) < 4.78 is 13.3. The molecule has 0 saturated heterocycles. The van der Waals surface area contributed by atoms with E-state index in [0.717, 1.165) is 27.5 Å². The average Bonchev–Trinajstić information content (AvgIpc) is 2.73. The number of aromatic nitrogens is 1. The number of nitrogens with zero attached hydrogens (tertiary/aromatic N) is 1. The number of rotatable bonds is 4. The van der Waals surface area contributed by atoms with Crippen molar-refractivity contribution in [1.82, 2.24) is 10.3 Å². The third-order valence-corrected chi connectivity index (χ3v) is 4.79. The molecule has 0 fully saturated rings. The molecule has 1 aromatic heterocycles. The fourth-order valence-electron chi connectivity index (χ4n) is 3.30. The molecule has 0 unspecified atom stereocenters.